The van der Waals surface area contributed by atoms with Gasteiger partial charge in [0.25, 0.3) is 0 Å². The normalized spacial score (nSPS) is 11.4. The molecule has 0 fully saturated rings. The van der Waals surface area contributed by atoms with Crippen molar-refractivity contribution in [2.75, 3.05) is 5.32 Å². The Hall–Kier alpha value is -2.40. The van der Waals surface area contributed by atoms with Crippen molar-refractivity contribution in [3.8, 4) is 5.75 Å². The second-order valence-electron chi connectivity index (χ2n) is 5.05. The first kappa shape index (κ1) is 20.9. The van der Waals surface area contributed by atoms with Crippen LogP contribution in [-0.2, 0) is 15.8 Å². The van der Waals surface area contributed by atoms with E-state index in [0.29, 0.717) is 8.95 Å². The Morgan fingerprint density at radius 1 is 1.07 bits per heavy atom. The van der Waals surface area contributed by atoms with E-state index in [4.69, 9.17) is 0 Å². The third kappa shape index (κ3) is 5.79. The summed E-state index contributed by atoms with van der Waals surface area (Å²) in [4.78, 5) is 23.4. The number of phenolic OH excluding ortho intramolecular Hbond substituents is 1. The van der Waals surface area contributed by atoms with E-state index in [1.807, 2.05) is 5.43 Å². The number of benzene rings is 2. The highest BCUT2D eigenvalue weighted by Gasteiger charge is 2.30. The van der Waals surface area contributed by atoms with Crippen molar-refractivity contribution in [1.29, 1.82) is 0 Å². The maximum atomic E-state index is 12.5. The minimum atomic E-state index is -4.50. The number of amides is 2. The van der Waals surface area contributed by atoms with Crippen LogP contribution < -0.4 is 10.7 Å². The zero-order valence-corrected chi connectivity index (χ0v) is 16.3. The Morgan fingerprint density at radius 2 is 1.70 bits per heavy atom. The SMILES string of the molecule is O=C(N/N=C/c1cc(Br)cc(Br)c1O)C(=O)Nc1ccc(C(F)(F)F)cc1. The zero-order valence-electron chi connectivity index (χ0n) is 13.1. The standard InChI is InChI=1S/C16H10Br2F3N3O3/c17-10-5-8(13(25)12(18)6-10)7-22-24-15(27)14(26)23-11-3-1-9(2-4-11)16(19,20)21/h1-7,25H,(H,23,26)(H,24,27)/b22-7+. The van der Waals surface area contributed by atoms with Crippen molar-refractivity contribution in [1.82, 2.24) is 5.43 Å². The number of rotatable bonds is 3. The Kier molecular flexibility index (Phi) is 6.60. The van der Waals surface area contributed by atoms with E-state index >= 15 is 0 Å². The number of aromatic hydroxyl groups is 1. The van der Waals surface area contributed by atoms with Crippen molar-refractivity contribution in [2.45, 2.75) is 6.18 Å². The quantitative estimate of drug-likeness (QED) is 0.332. The predicted octanol–water partition coefficient (Wildman–Crippen LogP) is 4.02. The van der Waals surface area contributed by atoms with E-state index in [2.05, 4.69) is 42.3 Å². The van der Waals surface area contributed by atoms with E-state index in [1.54, 1.807) is 6.07 Å². The number of carbonyl (C=O) groups is 2. The summed E-state index contributed by atoms with van der Waals surface area (Å²) in [5, 5.41) is 15.5. The van der Waals surface area contributed by atoms with Gasteiger partial charge in [0.15, 0.2) is 0 Å². The van der Waals surface area contributed by atoms with Gasteiger partial charge in [-0.1, -0.05) is 15.9 Å². The molecule has 0 saturated heterocycles. The highest BCUT2D eigenvalue weighted by molar-refractivity contribution is 9.11. The number of hydrazone groups is 1. The highest BCUT2D eigenvalue weighted by atomic mass is 79.9. The Balaban J connectivity index is 1.97. The molecule has 0 saturated carbocycles. The van der Waals surface area contributed by atoms with Gasteiger partial charge in [-0.15, -0.1) is 0 Å². The summed E-state index contributed by atoms with van der Waals surface area (Å²) in [6.45, 7) is 0. The molecular formula is C16H10Br2F3N3O3. The minimum absolute atomic E-state index is 0.0145. The molecule has 2 aromatic rings. The van der Waals surface area contributed by atoms with Crippen molar-refractivity contribution in [2.24, 2.45) is 5.10 Å². The van der Waals surface area contributed by atoms with Gasteiger partial charge in [-0.05, 0) is 52.3 Å². The van der Waals surface area contributed by atoms with Crippen LogP contribution in [0.25, 0.3) is 0 Å². The van der Waals surface area contributed by atoms with E-state index in [1.165, 1.54) is 6.07 Å². The molecule has 0 bridgehead atoms. The van der Waals surface area contributed by atoms with Crippen LogP contribution in [0.15, 0.2) is 50.4 Å². The van der Waals surface area contributed by atoms with Crippen molar-refractivity contribution in [3.63, 3.8) is 0 Å². The number of nitrogens with one attached hydrogen (secondary N) is 2. The average Bonchev–Trinajstić information content (AvgIpc) is 2.58. The fourth-order valence-electron chi connectivity index (χ4n) is 1.83. The van der Waals surface area contributed by atoms with Gasteiger partial charge in [-0.3, -0.25) is 9.59 Å². The second-order valence-corrected chi connectivity index (χ2v) is 6.82. The smallest absolute Gasteiger partial charge is 0.416 e. The molecule has 0 heterocycles. The topological polar surface area (TPSA) is 90.8 Å². The van der Waals surface area contributed by atoms with Gasteiger partial charge in [0.2, 0.25) is 0 Å². The molecule has 3 N–H and O–H groups in total. The van der Waals surface area contributed by atoms with Gasteiger partial charge in [0, 0.05) is 15.7 Å². The van der Waals surface area contributed by atoms with E-state index < -0.39 is 23.6 Å². The summed E-state index contributed by atoms with van der Waals surface area (Å²) < 4.78 is 38.5. The van der Waals surface area contributed by atoms with Crippen molar-refractivity contribution >= 4 is 55.6 Å². The van der Waals surface area contributed by atoms with Crippen LogP contribution >= 0.6 is 31.9 Å². The van der Waals surface area contributed by atoms with Gasteiger partial charge < -0.3 is 10.4 Å². The molecule has 27 heavy (non-hydrogen) atoms. The first-order valence-electron chi connectivity index (χ1n) is 7.07. The zero-order chi connectivity index (χ0) is 20.2. The molecule has 2 amide bonds. The van der Waals surface area contributed by atoms with Gasteiger partial charge in [-0.2, -0.15) is 18.3 Å². The van der Waals surface area contributed by atoms with Crippen LogP contribution in [0.2, 0.25) is 0 Å². The lowest BCUT2D eigenvalue weighted by molar-refractivity contribution is -0.137. The lowest BCUT2D eigenvalue weighted by Crippen LogP contribution is -2.32. The van der Waals surface area contributed by atoms with Crippen molar-refractivity contribution in [3.05, 3.63) is 56.5 Å². The van der Waals surface area contributed by atoms with Gasteiger partial charge in [0.05, 0.1) is 16.3 Å². The molecule has 0 aliphatic rings. The molecule has 2 aromatic carbocycles. The molecule has 11 heteroatoms. The van der Waals surface area contributed by atoms with Gasteiger partial charge in [0.1, 0.15) is 5.75 Å². The summed E-state index contributed by atoms with van der Waals surface area (Å²) in [5.41, 5.74) is 1.35. The summed E-state index contributed by atoms with van der Waals surface area (Å²) in [7, 11) is 0. The number of alkyl halides is 3. The maximum Gasteiger partial charge on any atom is 0.416 e. The number of hydrogen-bond acceptors (Lipinski definition) is 4. The molecule has 0 unspecified atom stereocenters. The van der Waals surface area contributed by atoms with Crippen LogP contribution in [0, 0.1) is 0 Å². The minimum Gasteiger partial charge on any atom is -0.506 e. The molecule has 6 nitrogen and oxygen atoms in total. The number of phenols is 1. The first-order chi connectivity index (χ1) is 12.6. The van der Waals surface area contributed by atoms with Gasteiger partial charge >= 0.3 is 18.0 Å². The lowest BCUT2D eigenvalue weighted by Gasteiger charge is -2.08. The molecule has 0 aliphatic carbocycles. The first-order valence-corrected chi connectivity index (χ1v) is 8.66. The Labute approximate surface area is 167 Å². The molecule has 0 spiro atoms. The number of nitrogens with zero attached hydrogens (tertiary/aromatic N) is 1. The molecule has 0 aromatic heterocycles. The van der Waals surface area contributed by atoms with Crippen LogP contribution in [-0.4, -0.2) is 23.1 Å². The predicted molar refractivity (Wildman–Crippen MR) is 99.3 cm³/mol. The number of carbonyl (C=O) groups excluding carboxylic acids is 2. The van der Waals surface area contributed by atoms with E-state index in [9.17, 15) is 27.9 Å². The van der Waals surface area contributed by atoms with E-state index in [0.717, 1.165) is 30.5 Å². The third-order valence-corrected chi connectivity index (χ3v) is 4.17. The second kappa shape index (κ2) is 8.53. The largest absolute Gasteiger partial charge is 0.506 e. The summed E-state index contributed by atoms with van der Waals surface area (Å²) in [5.74, 6) is -2.38. The van der Waals surface area contributed by atoms with Crippen LogP contribution in [0.4, 0.5) is 18.9 Å². The lowest BCUT2D eigenvalue weighted by atomic mass is 10.2. The number of hydrogen-bond donors (Lipinski definition) is 3. The maximum absolute atomic E-state index is 12.5. The highest BCUT2D eigenvalue weighted by Crippen LogP contribution is 2.31. The average molecular weight is 509 g/mol. The van der Waals surface area contributed by atoms with E-state index in [-0.39, 0.29) is 17.0 Å². The summed E-state index contributed by atoms with van der Waals surface area (Å²) in [6, 6.07) is 6.72. The molecule has 0 aliphatic heterocycles. The van der Waals surface area contributed by atoms with Crippen molar-refractivity contribution < 1.29 is 27.9 Å². The monoisotopic (exact) mass is 507 g/mol. The Bertz CT molecular complexity index is 900. The molecule has 0 atom stereocenters. The van der Waals surface area contributed by atoms with Gasteiger partial charge in [-0.25, -0.2) is 5.43 Å². The molecule has 0 radical (unpaired) electrons. The van der Waals surface area contributed by atoms with Crippen LogP contribution in [0.1, 0.15) is 11.1 Å². The summed E-state index contributed by atoms with van der Waals surface area (Å²) in [6.07, 6.45) is -3.38. The molecule has 2 rings (SSSR count). The van der Waals surface area contributed by atoms with Crippen LogP contribution in [0.3, 0.4) is 0 Å². The molecule has 142 valence electrons. The fourth-order valence-corrected chi connectivity index (χ4v) is 3.08. The third-order valence-electron chi connectivity index (χ3n) is 3.10. The van der Waals surface area contributed by atoms with Crippen LogP contribution in [0.5, 0.6) is 5.75 Å². The molecular weight excluding hydrogens is 499 g/mol. The summed E-state index contributed by atoms with van der Waals surface area (Å²) >= 11 is 6.35. The Morgan fingerprint density at radius 3 is 2.30 bits per heavy atom. The fraction of sp³-hybridized carbons (Fsp3) is 0.0625. The number of anilines is 1. The number of halogens is 5.